The number of Topliss-reactive ketones (excluding diaryl/α,β-unsaturated/α-hetero) is 1. The number of nitrogens with one attached hydrogen (secondary N) is 1. The quantitative estimate of drug-likeness (QED) is 0.482. The standard InChI is InChI=1S/C24H27F3N2O4/c1-15-11-20(16(2)29(15)19-10-6-9-18(12-19)24(25,26)27)21(30)14-33-22(31)13-28-23(32)17-7-4-3-5-8-17/h6,9-12,17H,3-5,7-8,13-14H2,1-2H3,(H,28,32). The predicted octanol–water partition coefficient (Wildman–Crippen LogP) is 4.54. The number of rotatable bonds is 7. The van der Waals surface area contributed by atoms with Crippen LogP contribution >= 0.6 is 0 Å². The van der Waals surface area contributed by atoms with E-state index in [4.69, 9.17) is 4.74 Å². The van der Waals surface area contributed by atoms with Gasteiger partial charge >= 0.3 is 12.1 Å². The summed E-state index contributed by atoms with van der Waals surface area (Å²) in [7, 11) is 0. The van der Waals surface area contributed by atoms with Gasteiger partial charge in [-0.25, -0.2) is 0 Å². The van der Waals surface area contributed by atoms with Gasteiger partial charge in [0.1, 0.15) is 6.54 Å². The lowest BCUT2D eigenvalue weighted by atomic mass is 9.89. The maximum Gasteiger partial charge on any atom is 0.416 e. The number of hydrogen-bond acceptors (Lipinski definition) is 4. The van der Waals surface area contributed by atoms with Gasteiger partial charge in [-0.05, 0) is 51.0 Å². The number of amides is 1. The summed E-state index contributed by atoms with van der Waals surface area (Å²) in [5.41, 5.74) is 0.759. The SMILES string of the molecule is Cc1cc(C(=O)COC(=O)CNC(=O)C2CCCCC2)c(C)n1-c1cccc(C(F)(F)F)c1. The van der Waals surface area contributed by atoms with Crippen LogP contribution in [-0.2, 0) is 20.5 Å². The Morgan fingerprint density at radius 3 is 2.45 bits per heavy atom. The van der Waals surface area contributed by atoms with E-state index in [2.05, 4.69) is 5.32 Å². The van der Waals surface area contributed by atoms with Crippen molar-refractivity contribution < 1.29 is 32.3 Å². The fourth-order valence-corrected chi connectivity index (χ4v) is 4.21. The Morgan fingerprint density at radius 1 is 1.09 bits per heavy atom. The molecule has 6 nitrogen and oxygen atoms in total. The molecule has 1 amide bonds. The van der Waals surface area contributed by atoms with E-state index in [1.165, 1.54) is 12.1 Å². The first-order chi connectivity index (χ1) is 15.6. The third-order valence-corrected chi connectivity index (χ3v) is 5.91. The number of carbonyl (C=O) groups excluding carboxylic acids is 3. The number of benzene rings is 1. The summed E-state index contributed by atoms with van der Waals surface area (Å²) in [6.45, 7) is 2.46. The van der Waals surface area contributed by atoms with E-state index in [-0.39, 0.29) is 29.6 Å². The van der Waals surface area contributed by atoms with E-state index in [0.29, 0.717) is 11.4 Å². The zero-order valence-corrected chi connectivity index (χ0v) is 18.6. The van der Waals surface area contributed by atoms with Gasteiger partial charge in [0.15, 0.2) is 6.61 Å². The molecule has 3 rings (SSSR count). The first-order valence-electron chi connectivity index (χ1n) is 10.9. The molecule has 33 heavy (non-hydrogen) atoms. The average Bonchev–Trinajstić information content (AvgIpc) is 3.09. The smallest absolute Gasteiger partial charge is 0.416 e. The van der Waals surface area contributed by atoms with Crippen LogP contribution in [0.25, 0.3) is 5.69 Å². The second-order valence-electron chi connectivity index (χ2n) is 8.30. The normalized spacial score (nSPS) is 14.7. The summed E-state index contributed by atoms with van der Waals surface area (Å²) < 4.78 is 45.8. The van der Waals surface area contributed by atoms with Gasteiger partial charge in [0.05, 0.1) is 5.56 Å². The molecular weight excluding hydrogens is 437 g/mol. The molecule has 1 aliphatic rings. The fraction of sp³-hybridized carbons (Fsp3) is 0.458. The molecule has 1 heterocycles. The van der Waals surface area contributed by atoms with Crippen LogP contribution < -0.4 is 5.32 Å². The highest BCUT2D eigenvalue weighted by Crippen LogP contribution is 2.31. The van der Waals surface area contributed by atoms with E-state index >= 15 is 0 Å². The molecule has 1 aliphatic carbocycles. The highest BCUT2D eigenvalue weighted by atomic mass is 19.4. The number of carbonyl (C=O) groups is 3. The van der Waals surface area contributed by atoms with Crippen molar-refractivity contribution >= 4 is 17.7 Å². The molecule has 1 fully saturated rings. The van der Waals surface area contributed by atoms with Gasteiger partial charge in [0.25, 0.3) is 0 Å². The Bertz CT molecular complexity index is 1040. The van der Waals surface area contributed by atoms with E-state index in [1.54, 1.807) is 24.5 Å². The summed E-state index contributed by atoms with van der Waals surface area (Å²) in [4.78, 5) is 36.7. The van der Waals surface area contributed by atoms with Crippen LogP contribution in [0.1, 0.15) is 59.4 Å². The number of ether oxygens (including phenoxy) is 1. The number of alkyl halides is 3. The third kappa shape index (κ3) is 6.03. The van der Waals surface area contributed by atoms with Crippen molar-refractivity contribution in [1.29, 1.82) is 0 Å². The third-order valence-electron chi connectivity index (χ3n) is 5.91. The van der Waals surface area contributed by atoms with Crippen molar-refractivity contribution in [3.05, 3.63) is 52.8 Å². The van der Waals surface area contributed by atoms with E-state index in [1.807, 2.05) is 0 Å². The van der Waals surface area contributed by atoms with Crippen LogP contribution in [0.2, 0.25) is 0 Å². The lowest BCUT2D eigenvalue weighted by Crippen LogP contribution is -2.36. The van der Waals surface area contributed by atoms with Crippen LogP contribution in [0.5, 0.6) is 0 Å². The van der Waals surface area contributed by atoms with Gasteiger partial charge in [-0.15, -0.1) is 0 Å². The Labute approximate surface area is 190 Å². The van der Waals surface area contributed by atoms with Crippen molar-refractivity contribution in [3.8, 4) is 5.69 Å². The first-order valence-corrected chi connectivity index (χ1v) is 10.9. The summed E-state index contributed by atoms with van der Waals surface area (Å²) >= 11 is 0. The monoisotopic (exact) mass is 464 g/mol. The van der Waals surface area contributed by atoms with E-state index in [0.717, 1.165) is 44.2 Å². The fourth-order valence-electron chi connectivity index (χ4n) is 4.21. The molecule has 0 aliphatic heterocycles. The second kappa shape index (κ2) is 10.2. The zero-order valence-electron chi connectivity index (χ0n) is 18.6. The van der Waals surface area contributed by atoms with Gasteiger partial charge in [0, 0.05) is 28.6 Å². The molecule has 178 valence electrons. The van der Waals surface area contributed by atoms with Crippen molar-refractivity contribution in [2.45, 2.75) is 52.1 Å². The molecular formula is C24H27F3N2O4. The van der Waals surface area contributed by atoms with Gasteiger partial charge < -0.3 is 14.6 Å². The molecule has 0 radical (unpaired) electrons. The van der Waals surface area contributed by atoms with Crippen LogP contribution in [0.4, 0.5) is 13.2 Å². The molecule has 0 unspecified atom stereocenters. The average molecular weight is 464 g/mol. The maximum atomic E-state index is 13.1. The number of aromatic nitrogens is 1. The van der Waals surface area contributed by atoms with Gasteiger partial charge in [-0.3, -0.25) is 14.4 Å². The molecule has 1 aromatic heterocycles. The highest BCUT2D eigenvalue weighted by molar-refractivity contribution is 5.99. The number of halogens is 3. The number of ketones is 1. The molecule has 1 saturated carbocycles. The minimum atomic E-state index is -4.48. The van der Waals surface area contributed by atoms with Gasteiger partial charge in [-0.2, -0.15) is 13.2 Å². The summed E-state index contributed by atoms with van der Waals surface area (Å²) in [6.07, 6.45) is 0.236. The number of nitrogens with zero attached hydrogens (tertiary/aromatic N) is 1. The van der Waals surface area contributed by atoms with Crippen molar-refractivity contribution in [2.24, 2.45) is 5.92 Å². The van der Waals surface area contributed by atoms with Crippen molar-refractivity contribution in [2.75, 3.05) is 13.2 Å². The maximum absolute atomic E-state index is 13.1. The Balaban J connectivity index is 1.61. The minimum absolute atomic E-state index is 0.0885. The van der Waals surface area contributed by atoms with Crippen LogP contribution in [0.15, 0.2) is 30.3 Å². The Hall–Kier alpha value is -3.10. The van der Waals surface area contributed by atoms with Gasteiger partial charge in [0.2, 0.25) is 11.7 Å². The molecule has 1 aromatic carbocycles. The zero-order chi connectivity index (χ0) is 24.2. The minimum Gasteiger partial charge on any atom is -0.456 e. The summed E-state index contributed by atoms with van der Waals surface area (Å²) in [5, 5.41) is 2.56. The van der Waals surface area contributed by atoms with Crippen molar-refractivity contribution in [3.63, 3.8) is 0 Å². The Kier molecular flexibility index (Phi) is 7.61. The topological polar surface area (TPSA) is 77.4 Å². The predicted molar refractivity (Wildman–Crippen MR) is 115 cm³/mol. The van der Waals surface area contributed by atoms with Crippen molar-refractivity contribution in [1.82, 2.24) is 9.88 Å². The molecule has 0 bridgehead atoms. The highest BCUT2D eigenvalue weighted by Gasteiger charge is 2.31. The molecule has 9 heteroatoms. The number of hydrogen-bond donors (Lipinski definition) is 1. The summed E-state index contributed by atoms with van der Waals surface area (Å²) in [6, 6.07) is 6.39. The molecule has 0 atom stereocenters. The molecule has 2 aromatic rings. The van der Waals surface area contributed by atoms with E-state index < -0.39 is 30.1 Å². The number of esters is 1. The molecule has 0 spiro atoms. The lowest BCUT2D eigenvalue weighted by molar-refractivity contribution is -0.143. The molecule has 1 N–H and O–H groups in total. The van der Waals surface area contributed by atoms with E-state index in [9.17, 15) is 27.6 Å². The Morgan fingerprint density at radius 2 is 1.79 bits per heavy atom. The van der Waals surface area contributed by atoms with Crippen LogP contribution in [-0.4, -0.2) is 35.4 Å². The first kappa shape index (κ1) is 24.5. The van der Waals surface area contributed by atoms with Crippen LogP contribution in [0.3, 0.4) is 0 Å². The second-order valence-corrected chi connectivity index (χ2v) is 8.30. The summed E-state index contributed by atoms with van der Waals surface area (Å²) in [5.74, 6) is -1.47. The van der Waals surface area contributed by atoms with Gasteiger partial charge in [-0.1, -0.05) is 25.3 Å². The largest absolute Gasteiger partial charge is 0.456 e. The number of aryl methyl sites for hydroxylation is 1. The molecule has 0 saturated heterocycles. The lowest BCUT2D eigenvalue weighted by Gasteiger charge is -2.20. The van der Waals surface area contributed by atoms with Crippen LogP contribution in [0, 0.1) is 19.8 Å².